The number of rotatable bonds is 4. The molecule has 6 heteroatoms. The van der Waals surface area contributed by atoms with Crippen molar-refractivity contribution in [3.63, 3.8) is 0 Å². The van der Waals surface area contributed by atoms with E-state index >= 15 is 0 Å². The summed E-state index contributed by atoms with van der Waals surface area (Å²) in [5.74, 6) is 0.684. The summed E-state index contributed by atoms with van der Waals surface area (Å²) in [6.45, 7) is 4.89. The van der Waals surface area contributed by atoms with E-state index in [0.717, 1.165) is 39.9 Å². The van der Waals surface area contributed by atoms with Crippen molar-refractivity contribution in [2.24, 2.45) is 5.10 Å². The molecule has 6 nitrogen and oxygen atoms in total. The fourth-order valence-electron chi connectivity index (χ4n) is 3.22. The van der Waals surface area contributed by atoms with Gasteiger partial charge in [0.1, 0.15) is 5.82 Å². The number of hydrazone groups is 1. The number of H-pyrrole nitrogens is 1. The fourth-order valence-corrected chi connectivity index (χ4v) is 3.22. The highest BCUT2D eigenvalue weighted by Gasteiger charge is 2.10. The topological polar surface area (TPSA) is 75.1 Å². The summed E-state index contributed by atoms with van der Waals surface area (Å²) in [5, 5.41) is 5.15. The number of para-hydroxylation sites is 1. The first-order valence-corrected chi connectivity index (χ1v) is 8.54. The SMILES string of the molecule is CCn1c(C)nc2cc(C(=O)NN=Cc3c[nH]c4ccccc34)ccc21. The van der Waals surface area contributed by atoms with E-state index in [-0.39, 0.29) is 5.91 Å². The molecule has 0 spiro atoms. The summed E-state index contributed by atoms with van der Waals surface area (Å²) >= 11 is 0. The third kappa shape index (κ3) is 2.75. The van der Waals surface area contributed by atoms with Gasteiger partial charge in [0.25, 0.3) is 5.91 Å². The maximum Gasteiger partial charge on any atom is 0.271 e. The van der Waals surface area contributed by atoms with Crippen LogP contribution in [0.2, 0.25) is 0 Å². The molecular formula is C20H19N5O. The molecule has 2 heterocycles. The molecule has 2 aromatic carbocycles. The number of nitrogens with zero attached hydrogens (tertiary/aromatic N) is 3. The molecule has 0 aliphatic carbocycles. The van der Waals surface area contributed by atoms with E-state index in [2.05, 4.69) is 32.0 Å². The molecule has 4 rings (SSSR count). The van der Waals surface area contributed by atoms with Gasteiger partial charge in [0.2, 0.25) is 0 Å². The standard InChI is InChI=1S/C20H19N5O/c1-3-25-13(2)23-18-10-14(8-9-19(18)25)20(26)24-22-12-15-11-21-17-7-5-4-6-16(15)17/h4-12,21H,3H2,1-2H3,(H,24,26). The van der Waals surface area contributed by atoms with Crippen LogP contribution in [0.25, 0.3) is 21.9 Å². The molecule has 0 unspecified atom stereocenters. The number of hydrogen-bond acceptors (Lipinski definition) is 3. The Kier molecular flexibility index (Phi) is 4.01. The number of amides is 1. The molecule has 0 fully saturated rings. The molecule has 0 aliphatic rings. The summed E-state index contributed by atoms with van der Waals surface area (Å²) in [4.78, 5) is 20.1. The number of carbonyl (C=O) groups excluding carboxylic acids is 1. The van der Waals surface area contributed by atoms with Gasteiger partial charge in [-0.2, -0.15) is 5.10 Å². The Bertz CT molecular complexity index is 1140. The second-order valence-corrected chi connectivity index (χ2v) is 6.10. The predicted molar refractivity (Wildman–Crippen MR) is 104 cm³/mol. The largest absolute Gasteiger partial charge is 0.361 e. The molecule has 0 radical (unpaired) electrons. The Morgan fingerprint density at radius 1 is 1.31 bits per heavy atom. The van der Waals surface area contributed by atoms with Crippen molar-refractivity contribution in [2.45, 2.75) is 20.4 Å². The average Bonchev–Trinajstić information content (AvgIpc) is 3.21. The normalized spacial score (nSPS) is 11.6. The zero-order valence-electron chi connectivity index (χ0n) is 14.7. The lowest BCUT2D eigenvalue weighted by atomic mass is 10.2. The van der Waals surface area contributed by atoms with E-state index in [1.807, 2.05) is 43.5 Å². The van der Waals surface area contributed by atoms with E-state index in [4.69, 9.17) is 0 Å². The highest BCUT2D eigenvalue weighted by Crippen LogP contribution is 2.18. The smallest absolute Gasteiger partial charge is 0.271 e. The molecule has 2 N–H and O–H groups in total. The van der Waals surface area contributed by atoms with Crippen molar-refractivity contribution in [3.05, 3.63) is 65.6 Å². The van der Waals surface area contributed by atoms with Crippen LogP contribution >= 0.6 is 0 Å². The molecule has 1 amide bonds. The van der Waals surface area contributed by atoms with Gasteiger partial charge in [-0.15, -0.1) is 0 Å². The van der Waals surface area contributed by atoms with Crippen LogP contribution in [0.3, 0.4) is 0 Å². The van der Waals surface area contributed by atoms with Crippen LogP contribution in [0, 0.1) is 6.92 Å². The number of aromatic nitrogens is 3. The highest BCUT2D eigenvalue weighted by molar-refractivity contribution is 6.01. The van der Waals surface area contributed by atoms with E-state index in [0.29, 0.717) is 5.56 Å². The Balaban J connectivity index is 1.54. The summed E-state index contributed by atoms with van der Waals surface area (Å²) in [6, 6.07) is 13.5. The van der Waals surface area contributed by atoms with E-state index in [1.54, 1.807) is 18.3 Å². The molecular weight excluding hydrogens is 326 g/mol. The number of aromatic amines is 1. The fraction of sp³-hybridized carbons (Fsp3) is 0.150. The minimum atomic E-state index is -0.258. The Morgan fingerprint density at radius 2 is 2.15 bits per heavy atom. The summed E-state index contributed by atoms with van der Waals surface area (Å²) in [7, 11) is 0. The van der Waals surface area contributed by atoms with Gasteiger partial charge in [-0.25, -0.2) is 10.4 Å². The molecule has 130 valence electrons. The van der Waals surface area contributed by atoms with Crippen molar-refractivity contribution in [1.29, 1.82) is 0 Å². The molecule has 0 atom stereocenters. The van der Waals surface area contributed by atoms with Crippen LogP contribution in [0.4, 0.5) is 0 Å². The zero-order valence-corrected chi connectivity index (χ0v) is 14.7. The van der Waals surface area contributed by atoms with E-state index in [9.17, 15) is 4.79 Å². The van der Waals surface area contributed by atoms with Crippen LogP contribution in [0.15, 0.2) is 53.8 Å². The molecule has 26 heavy (non-hydrogen) atoms. The maximum absolute atomic E-state index is 12.4. The predicted octanol–water partition coefficient (Wildman–Crippen LogP) is 3.61. The minimum absolute atomic E-state index is 0.258. The number of aryl methyl sites for hydroxylation is 2. The highest BCUT2D eigenvalue weighted by atomic mass is 16.2. The van der Waals surface area contributed by atoms with Gasteiger partial charge in [0.05, 0.1) is 17.2 Å². The van der Waals surface area contributed by atoms with Gasteiger partial charge in [-0.3, -0.25) is 4.79 Å². The molecule has 0 saturated carbocycles. The van der Waals surface area contributed by atoms with Crippen molar-refractivity contribution >= 4 is 34.1 Å². The van der Waals surface area contributed by atoms with Gasteiger partial charge in [-0.05, 0) is 38.1 Å². The lowest BCUT2D eigenvalue weighted by molar-refractivity contribution is 0.0955. The molecule has 2 aromatic heterocycles. The summed E-state index contributed by atoms with van der Waals surface area (Å²) < 4.78 is 2.12. The number of nitrogens with one attached hydrogen (secondary N) is 2. The second-order valence-electron chi connectivity index (χ2n) is 6.10. The first-order valence-electron chi connectivity index (χ1n) is 8.54. The molecule has 0 saturated heterocycles. The van der Waals surface area contributed by atoms with Gasteiger partial charge in [0, 0.05) is 34.8 Å². The summed E-state index contributed by atoms with van der Waals surface area (Å²) in [5.41, 5.74) is 6.93. The van der Waals surface area contributed by atoms with Crippen LogP contribution in [-0.2, 0) is 6.54 Å². The van der Waals surface area contributed by atoms with Crippen LogP contribution in [0.5, 0.6) is 0 Å². The first kappa shape index (κ1) is 16.1. The monoisotopic (exact) mass is 345 g/mol. The van der Waals surface area contributed by atoms with Crippen LogP contribution < -0.4 is 5.43 Å². The molecule has 0 aliphatic heterocycles. The van der Waals surface area contributed by atoms with Crippen molar-refractivity contribution < 1.29 is 4.79 Å². The van der Waals surface area contributed by atoms with Crippen LogP contribution in [-0.4, -0.2) is 26.7 Å². The Hall–Kier alpha value is -3.41. The minimum Gasteiger partial charge on any atom is -0.361 e. The van der Waals surface area contributed by atoms with Gasteiger partial charge in [0.15, 0.2) is 0 Å². The maximum atomic E-state index is 12.4. The van der Waals surface area contributed by atoms with Crippen LogP contribution in [0.1, 0.15) is 28.7 Å². The van der Waals surface area contributed by atoms with Crippen molar-refractivity contribution in [2.75, 3.05) is 0 Å². The third-order valence-corrected chi connectivity index (χ3v) is 4.51. The Labute approximate surface area is 150 Å². The number of carbonyl (C=O) groups is 1. The molecule has 4 aromatic rings. The lowest BCUT2D eigenvalue weighted by Gasteiger charge is -2.03. The zero-order chi connectivity index (χ0) is 18.1. The van der Waals surface area contributed by atoms with Gasteiger partial charge >= 0.3 is 0 Å². The third-order valence-electron chi connectivity index (χ3n) is 4.51. The lowest BCUT2D eigenvalue weighted by Crippen LogP contribution is -2.17. The van der Waals surface area contributed by atoms with E-state index < -0.39 is 0 Å². The number of fused-ring (bicyclic) bond motifs is 2. The number of hydrogen-bond donors (Lipinski definition) is 2. The summed E-state index contributed by atoms with van der Waals surface area (Å²) in [6.07, 6.45) is 3.51. The number of imidazole rings is 1. The number of benzene rings is 2. The first-order chi connectivity index (χ1) is 12.7. The van der Waals surface area contributed by atoms with Gasteiger partial charge in [-0.1, -0.05) is 18.2 Å². The Morgan fingerprint density at radius 3 is 3.00 bits per heavy atom. The van der Waals surface area contributed by atoms with Crippen molar-refractivity contribution in [3.8, 4) is 0 Å². The molecule has 0 bridgehead atoms. The van der Waals surface area contributed by atoms with E-state index in [1.165, 1.54) is 0 Å². The quantitative estimate of drug-likeness (QED) is 0.438. The second kappa shape index (κ2) is 6.48. The van der Waals surface area contributed by atoms with Gasteiger partial charge < -0.3 is 9.55 Å². The van der Waals surface area contributed by atoms with Crippen molar-refractivity contribution in [1.82, 2.24) is 20.0 Å². The average molecular weight is 345 g/mol.